The van der Waals surface area contributed by atoms with Gasteiger partial charge in [-0.15, -0.1) is 0 Å². The van der Waals surface area contributed by atoms with Gasteiger partial charge in [-0.05, 0) is 106 Å². The molecule has 0 bridgehead atoms. The zero-order chi connectivity index (χ0) is 52.9. The van der Waals surface area contributed by atoms with Crippen LogP contribution in [0.4, 0.5) is 0 Å². The molecule has 0 spiro atoms. The average molecular weight is 985 g/mol. The Bertz CT molecular complexity index is 3060. The molecule has 0 aliphatic rings. The molecule has 0 atom stereocenters. The second kappa shape index (κ2) is 26.9. The van der Waals surface area contributed by atoms with E-state index in [0.29, 0.717) is 54.2 Å². The Balaban J connectivity index is 1.20. The highest BCUT2D eigenvalue weighted by Crippen LogP contribution is 2.34. The first-order chi connectivity index (χ1) is 36.8. The van der Waals surface area contributed by atoms with Crippen LogP contribution < -0.4 is 0 Å². The fraction of sp³-hybridized carbons (Fsp3) is 0.286. The predicted molar refractivity (Wildman–Crippen MR) is 297 cm³/mol. The highest BCUT2D eigenvalue weighted by atomic mass is 15.1. The molecular weight excluding hydrogens is 925 g/mol. The standard InChI is InChI=1S/C63H60N12/c1-4-7-10-13-34-73-58(43-67)55(40-64)70-61(73)31-22-46-16-25-49(26-17-46)52-37-53(50-27-18-47(19-28-50)23-32-62-71-56(41-65)59(44-68)74(62)35-14-11-8-5-2)39-54(38-52)51-29-20-48(21-30-51)24-33-63-72-57(42-66)60(45-69)75(63)36-15-12-9-6-3/h16-33,37-39H,4-15,34-36H2,1-3H3/b31-22+,32-23+,33-24+. The molecule has 75 heavy (non-hydrogen) atoms. The minimum absolute atomic E-state index is 0.138. The molecular formula is C63H60N12. The Morgan fingerprint density at radius 3 is 0.827 bits per heavy atom. The third-order valence-corrected chi connectivity index (χ3v) is 13.3. The molecule has 0 aliphatic heterocycles. The normalized spacial score (nSPS) is 11.2. The van der Waals surface area contributed by atoms with E-state index in [2.05, 4.69) is 163 Å². The summed E-state index contributed by atoms with van der Waals surface area (Å²) in [5.74, 6) is 1.75. The van der Waals surface area contributed by atoms with E-state index in [9.17, 15) is 31.6 Å². The SMILES string of the molecule is CCCCCCn1c(/C=C/c2ccc(-c3cc(-c4ccc(/C=C/c5nc(C#N)c(C#N)n5CCCCCC)cc4)cc(-c4ccc(/C=C/c5nc(C#N)c(C#N)n5CCCCCC)cc4)c3)cc2)nc(C#N)c1C#N. The Morgan fingerprint density at radius 1 is 0.333 bits per heavy atom. The van der Waals surface area contributed by atoms with Crippen molar-refractivity contribution in [2.75, 3.05) is 0 Å². The van der Waals surface area contributed by atoms with Crippen molar-refractivity contribution in [3.05, 3.63) is 159 Å². The van der Waals surface area contributed by atoms with Crippen LogP contribution in [0.25, 0.3) is 69.8 Å². The van der Waals surface area contributed by atoms with Crippen LogP contribution in [0.15, 0.2) is 91.0 Å². The van der Waals surface area contributed by atoms with E-state index in [0.717, 1.165) is 127 Å². The van der Waals surface area contributed by atoms with Gasteiger partial charge in [-0.1, -0.05) is 170 Å². The molecule has 12 heteroatoms. The molecule has 3 heterocycles. The van der Waals surface area contributed by atoms with Crippen LogP contribution in [0.3, 0.4) is 0 Å². The smallest absolute Gasteiger partial charge is 0.177 e. The van der Waals surface area contributed by atoms with Crippen LogP contribution in [0, 0.1) is 68.0 Å². The lowest BCUT2D eigenvalue weighted by Crippen LogP contribution is -2.04. The van der Waals surface area contributed by atoms with Crippen LogP contribution >= 0.6 is 0 Å². The van der Waals surface area contributed by atoms with Crippen molar-refractivity contribution < 1.29 is 0 Å². The first-order valence-corrected chi connectivity index (χ1v) is 26.0. The van der Waals surface area contributed by atoms with Crippen molar-refractivity contribution in [3.63, 3.8) is 0 Å². The molecule has 0 aliphatic carbocycles. The maximum absolute atomic E-state index is 9.90. The molecule has 0 saturated carbocycles. The van der Waals surface area contributed by atoms with Crippen molar-refractivity contribution in [3.8, 4) is 69.8 Å². The second-order valence-electron chi connectivity index (χ2n) is 18.5. The molecule has 7 rings (SSSR count). The Morgan fingerprint density at radius 2 is 0.600 bits per heavy atom. The summed E-state index contributed by atoms with van der Waals surface area (Å²) in [7, 11) is 0. The lowest BCUT2D eigenvalue weighted by atomic mass is 9.92. The van der Waals surface area contributed by atoms with Crippen molar-refractivity contribution in [2.24, 2.45) is 0 Å². The number of nitriles is 6. The van der Waals surface area contributed by atoms with Crippen molar-refractivity contribution >= 4 is 36.5 Å². The van der Waals surface area contributed by atoms with Gasteiger partial charge in [0.25, 0.3) is 0 Å². The molecule has 0 amide bonds. The molecule has 0 fully saturated rings. The van der Waals surface area contributed by atoms with Crippen LogP contribution in [-0.4, -0.2) is 28.7 Å². The monoisotopic (exact) mass is 985 g/mol. The van der Waals surface area contributed by atoms with Gasteiger partial charge >= 0.3 is 0 Å². The first-order valence-electron chi connectivity index (χ1n) is 26.0. The molecule has 0 N–H and O–H groups in total. The third kappa shape index (κ3) is 13.4. The summed E-state index contributed by atoms with van der Waals surface area (Å²) in [5.41, 5.74) is 10.2. The van der Waals surface area contributed by atoms with E-state index < -0.39 is 0 Å². The molecule has 0 unspecified atom stereocenters. The van der Waals surface area contributed by atoms with Crippen LogP contribution in [0.2, 0.25) is 0 Å². The van der Waals surface area contributed by atoms with E-state index in [4.69, 9.17) is 0 Å². The Labute approximate surface area is 441 Å². The zero-order valence-corrected chi connectivity index (χ0v) is 43.1. The van der Waals surface area contributed by atoms with E-state index >= 15 is 0 Å². The molecule has 0 radical (unpaired) electrons. The fourth-order valence-corrected chi connectivity index (χ4v) is 9.14. The van der Waals surface area contributed by atoms with E-state index in [1.165, 1.54) is 0 Å². The van der Waals surface area contributed by atoms with Gasteiger partial charge in [0.2, 0.25) is 0 Å². The quantitative estimate of drug-likeness (QED) is 0.0529. The van der Waals surface area contributed by atoms with Gasteiger partial charge in [-0.2, -0.15) is 31.6 Å². The van der Waals surface area contributed by atoms with Crippen molar-refractivity contribution in [1.29, 1.82) is 31.6 Å². The van der Waals surface area contributed by atoms with Gasteiger partial charge in [0.05, 0.1) is 0 Å². The third-order valence-electron chi connectivity index (χ3n) is 13.3. The summed E-state index contributed by atoms with van der Waals surface area (Å²) in [5, 5.41) is 58.9. The topological polar surface area (TPSA) is 196 Å². The van der Waals surface area contributed by atoms with E-state index in [-0.39, 0.29) is 17.1 Å². The number of benzene rings is 4. The molecule has 372 valence electrons. The molecule has 7 aromatic rings. The van der Waals surface area contributed by atoms with Gasteiger partial charge in [0, 0.05) is 19.6 Å². The first kappa shape index (κ1) is 53.5. The van der Waals surface area contributed by atoms with Crippen LogP contribution in [0.5, 0.6) is 0 Å². The van der Waals surface area contributed by atoms with E-state index in [1.807, 2.05) is 50.2 Å². The average Bonchev–Trinajstić information content (AvgIpc) is 4.11. The number of aromatic nitrogens is 6. The van der Waals surface area contributed by atoms with Crippen molar-refractivity contribution in [2.45, 2.75) is 117 Å². The molecule has 4 aromatic carbocycles. The highest BCUT2D eigenvalue weighted by Gasteiger charge is 2.18. The van der Waals surface area contributed by atoms with Gasteiger partial charge in [-0.25, -0.2) is 15.0 Å². The van der Waals surface area contributed by atoms with Crippen LogP contribution in [-0.2, 0) is 19.6 Å². The van der Waals surface area contributed by atoms with Gasteiger partial charge < -0.3 is 13.7 Å². The van der Waals surface area contributed by atoms with Gasteiger partial charge in [-0.3, -0.25) is 0 Å². The number of hydrogen-bond donors (Lipinski definition) is 0. The minimum Gasteiger partial charge on any atom is -0.315 e. The lowest BCUT2D eigenvalue weighted by Gasteiger charge is -2.12. The summed E-state index contributed by atoms with van der Waals surface area (Å²) in [6, 6.07) is 44.3. The van der Waals surface area contributed by atoms with E-state index in [1.54, 1.807) is 0 Å². The Hall–Kier alpha value is -9.33. The maximum atomic E-state index is 9.90. The van der Waals surface area contributed by atoms with Crippen LogP contribution in [0.1, 0.15) is 166 Å². The summed E-state index contributed by atoms with van der Waals surface area (Å²) in [6.45, 7) is 8.33. The van der Waals surface area contributed by atoms with Gasteiger partial charge in [0.15, 0.2) is 34.2 Å². The zero-order valence-electron chi connectivity index (χ0n) is 43.1. The number of nitrogens with zero attached hydrogens (tertiary/aromatic N) is 12. The number of rotatable bonds is 24. The Kier molecular flexibility index (Phi) is 19.2. The largest absolute Gasteiger partial charge is 0.315 e. The number of unbranched alkanes of at least 4 members (excludes halogenated alkanes) is 9. The number of imidazole rings is 3. The molecule has 0 saturated heterocycles. The summed E-state index contributed by atoms with van der Waals surface area (Å²) < 4.78 is 5.55. The van der Waals surface area contributed by atoms with Gasteiger partial charge in [0.1, 0.15) is 53.9 Å². The molecule has 12 nitrogen and oxygen atoms in total. The summed E-state index contributed by atoms with van der Waals surface area (Å²) >= 11 is 0. The maximum Gasteiger partial charge on any atom is 0.177 e. The van der Waals surface area contributed by atoms with Crippen molar-refractivity contribution in [1.82, 2.24) is 28.7 Å². The lowest BCUT2D eigenvalue weighted by molar-refractivity contribution is 0.576. The summed E-state index contributed by atoms with van der Waals surface area (Å²) in [4.78, 5) is 13.5. The molecule has 3 aromatic heterocycles. The highest BCUT2D eigenvalue weighted by molar-refractivity contribution is 5.83. The number of hydrogen-bond acceptors (Lipinski definition) is 9. The predicted octanol–water partition coefficient (Wildman–Crippen LogP) is 14.8. The fourth-order valence-electron chi connectivity index (χ4n) is 9.14. The second-order valence-corrected chi connectivity index (χ2v) is 18.5. The minimum atomic E-state index is 0.138. The summed E-state index contributed by atoms with van der Waals surface area (Å²) in [6.07, 6.45) is 23.9.